The topological polar surface area (TPSA) is 29.5 Å². The summed E-state index contributed by atoms with van der Waals surface area (Å²) < 4.78 is 8.02. The molecule has 7 heteroatoms. The summed E-state index contributed by atoms with van der Waals surface area (Å²) in [6.45, 7) is 2.19. The average molecular weight is 617 g/mol. The van der Waals surface area contributed by atoms with Crippen LogP contribution in [-0.4, -0.2) is 16.8 Å². The van der Waals surface area contributed by atoms with E-state index in [2.05, 4.69) is 51.1 Å². The summed E-state index contributed by atoms with van der Waals surface area (Å²) in [5.74, 6) is 3.13. The van der Waals surface area contributed by atoms with Crippen LogP contribution in [0.5, 0.6) is 5.75 Å². The summed E-state index contributed by atoms with van der Waals surface area (Å²) in [5.41, 5.74) is 2.75. The quantitative estimate of drug-likeness (QED) is 0.193. The first-order valence-electron chi connectivity index (χ1n) is 7.81. The van der Waals surface area contributed by atoms with Crippen LogP contribution in [0.1, 0.15) is 11.1 Å². The number of nitrogens with zero attached hydrogens (tertiary/aromatic N) is 1. The van der Waals surface area contributed by atoms with Crippen molar-refractivity contribution in [3.8, 4) is 18.1 Å². The lowest BCUT2D eigenvalue weighted by Crippen LogP contribution is -2.28. The molecule has 0 bridgehead atoms. The molecule has 1 fully saturated rings. The molecule has 1 saturated heterocycles. The van der Waals surface area contributed by atoms with E-state index in [0.717, 1.165) is 29.7 Å². The fraction of sp³-hybridized carbons (Fsp3) is 0.100. The summed E-state index contributed by atoms with van der Waals surface area (Å²) >= 11 is 11.2. The molecular weight excluding hydrogens is 604 g/mol. The van der Waals surface area contributed by atoms with Gasteiger partial charge in [-0.2, -0.15) is 0 Å². The maximum absolute atomic E-state index is 12.9. The monoisotopic (exact) mass is 617 g/mol. The van der Waals surface area contributed by atoms with Gasteiger partial charge in [0.2, 0.25) is 0 Å². The number of amides is 1. The van der Waals surface area contributed by atoms with Crippen LogP contribution in [0.15, 0.2) is 41.3 Å². The predicted molar refractivity (Wildman–Crippen MR) is 133 cm³/mol. The maximum atomic E-state index is 12.9. The van der Waals surface area contributed by atoms with Crippen LogP contribution in [0, 0.1) is 26.4 Å². The van der Waals surface area contributed by atoms with Crippen LogP contribution >= 0.6 is 69.2 Å². The van der Waals surface area contributed by atoms with E-state index in [0.29, 0.717) is 9.23 Å². The number of para-hydroxylation sites is 1. The second-order valence-corrected chi connectivity index (χ2v) is 9.61. The van der Waals surface area contributed by atoms with E-state index in [-0.39, 0.29) is 12.5 Å². The number of hydrogen-bond donors (Lipinski definition) is 0. The highest BCUT2D eigenvalue weighted by Gasteiger charge is 2.34. The lowest BCUT2D eigenvalue weighted by atomic mass is 10.1. The molecule has 1 aliphatic rings. The number of rotatable bonds is 4. The zero-order valence-corrected chi connectivity index (χ0v) is 20.1. The molecule has 3 rings (SSSR count). The van der Waals surface area contributed by atoms with Gasteiger partial charge < -0.3 is 4.74 Å². The fourth-order valence-electron chi connectivity index (χ4n) is 2.56. The first-order valence-corrected chi connectivity index (χ1v) is 11.2. The van der Waals surface area contributed by atoms with Crippen LogP contribution in [0.3, 0.4) is 0 Å². The maximum Gasteiger partial charge on any atom is 0.270 e. The molecule has 1 heterocycles. The van der Waals surface area contributed by atoms with E-state index in [1.54, 1.807) is 4.90 Å². The third-order valence-corrected chi connectivity index (χ3v) is 6.67. The molecule has 0 N–H and O–H groups in total. The van der Waals surface area contributed by atoms with E-state index in [1.165, 1.54) is 11.8 Å². The minimum atomic E-state index is -0.100. The molecule has 2 aromatic rings. The minimum absolute atomic E-state index is 0.100. The molecule has 1 aliphatic heterocycles. The molecule has 27 heavy (non-hydrogen) atoms. The summed E-state index contributed by atoms with van der Waals surface area (Å²) in [4.78, 5) is 15.2. The Kier molecular flexibility index (Phi) is 6.83. The number of hydrogen-bond acceptors (Lipinski definition) is 4. The number of carbonyl (C=O) groups is 1. The van der Waals surface area contributed by atoms with Crippen molar-refractivity contribution in [3.05, 3.63) is 59.6 Å². The Morgan fingerprint density at radius 1 is 1.30 bits per heavy atom. The van der Waals surface area contributed by atoms with Crippen LogP contribution in [-0.2, 0) is 4.79 Å². The number of terminal acetylenes is 1. The molecule has 0 saturated carbocycles. The van der Waals surface area contributed by atoms with Crippen LogP contribution in [0.2, 0.25) is 0 Å². The third kappa shape index (κ3) is 4.50. The summed E-state index contributed by atoms with van der Waals surface area (Å²) in [6, 6.07) is 11.7. The molecule has 3 nitrogen and oxygen atoms in total. The minimum Gasteiger partial charge on any atom is -0.479 e. The Hall–Kier alpha value is -1.09. The van der Waals surface area contributed by atoms with Crippen molar-refractivity contribution in [3.63, 3.8) is 0 Å². The smallest absolute Gasteiger partial charge is 0.270 e. The number of thioether (sulfide) groups is 1. The molecule has 0 unspecified atom stereocenters. The van der Waals surface area contributed by atoms with E-state index >= 15 is 0 Å². The van der Waals surface area contributed by atoms with Gasteiger partial charge in [0.1, 0.15) is 12.4 Å². The van der Waals surface area contributed by atoms with Crippen molar-refractivity contribution < 1.29 is 9.53 Å². The van der Waals surface area contributed by atoms with Crippen molar-refractivity contribution >= 4 is 91.2 Å². The van der Waals surface area contributed by atoms with Gasteiger partial charge in [-0.3, -0.25) is 9.69 Å². The fourth-order valence-corrected chi connectivity index (χ4v) is 5.97. The first kappa shape index (κ1) is 20.6. The Morgan fingerprint density at radius 3 is 2.59 bits per heavy atom. The SMILES string of the molecule is C#CCOc1c(I)cc(/C=C2\SC(=S)N(c3ccccc3C)C2=O)cc1I. The predicted octanol–water partition coefficient (Wildman–Crippen LogP) is 5.62. The molecule has 0 aromatic heterocycles. The number of ether oxygens (including phenoxy) is 1. The van der Waals surface area contributed by atoms with Gasteiger partial charge >= 0.3 is 0 Å². The number of carbonyl (C=O) groups excluding carboxylic acids is 1. The summed E-state index contributed by atoms with van der Waals surface area (Å²) in [6.07, 6.45) is 7.14. The van der Waals surface area contributed by atoms with Crippen LogP contribution in [0.25, 0.3) is 6.08 Å². The Morgan fingerprint density at radius 2 is 1.96 bits per heavy atom. The van der Waals surface area contributed by atoms with Crippen molar-refractivity contribution in [2.24, 2.45) is 0 Å². The number of halogens is 2. The Labute approximate surface area is 195 Å². The molecule has 0 spiro atoms. The normalized spacial score (nSPS) is 15.3. The number of aryl methyl sites for hydroxylation is 1. The van der Waals surface area contributed by atoms with Gasteiger partial charge in [-0.25, -0.2) is 0 Å². The van der Waals surface area contributed by atoms with E-state index in [4.69, 9.17) is 23.4 Å². The van der Waals surface area contributed by atoms with Gasteiger partial charge in [0.15, 0.2) is 4.32 Å². The largest absolute Gasteiger partial charge is 0.479 e. The van der Waals surface area contributed by atoms with Gasteiger partial charge in [0, 0.05) is 0 Å². The lowest BCUT2D eigenvalue weighted by Gasteiger charge is -2.16. The molecule has 1 amide bonds. The zero-order chi connectivity index (χ0) is 19.6. The highest BCUT2D eigenvalue weighted by molar-refractivity contribution is 14.1. The zero-order valence-electron chi connectivity index (χ0n) is 14.2. The second-order valence-electron chi connectivity index (χ2n) is 5.61. The number of thiocarbonyl (C=S) groups is 1. The third-order valence-electron chi connectivity index (χ3n) is 3.77. The molecule has 0 radical (unpaired) electrons. The standard InChI is InChI=1S/C20H13I2NO2S2/c1-3-8-25-18-14(21)9-13(10-15(18)22)11-17-19(24)23(20(26)27-17)16-7-5-4-6-12(16)2/h1,4-7,9-11H,8H2,2H3/b17-11-. The van der Waals surface area contributed by atoms with Gasteiger partial charge in [0.05, 0.1) is 17.7 Å². The average Bonchev–Trinajstić information content (AvgIpc) is 2.88. The molecule has 0 aliphatic carbocycles. The van der Waals surface area contributed by atoms with Gasteiger partial charge in [0.25, 0.3) is 5.91 Å². The molecular formula is C20H13I2NO2S2. The lowest BCUT2D eigenvalue weighted by molar-refractivity contribution is -0.113. The molecule has 2 aromatic carbocycles. The summed E-state index contributed by atoms with van der Waals surface area (Å²) in [7, 11) is 0. The number of anilines is 1. The van der Waals surface area contributed by atoms with Crippen LogP contribution in [0.4, 0.5) is 5.69 Å². The Bertz CT molecular complexity index is 988. The van der Waals surface area contributed by atoms with E-state index < -0.39 is 0 Å². The van der Waals surface area contributed by atoms with Gasteiger partial charge in [-0.1, -0.05) is 48.1 Å². The molecule has 136 valence electrons. The molecule has 0 atom stereocenters. The first-order chi connectivity index (χ1) is 12.9. The van der Waals surface area contributed by atoms with Gasteiger partial charge in [-0.15, -0.1) is 6.42 Å². The highest BCUT2D eigenvalue weighted by atomic mass is 127. The van der Waals surface area contributed by atoms with Crippen LogP contribution < -0.4 is 9.64 Å². The number of benzene rings is 2. The van der Waals surface area contributed by atoms with Crippen molar-refractivity contribution in [1.29, 1.82) is 0 Å². The van der Waals surface area contributed by atoms with Gasteiger partial charge in [-0.05, 0) is 87.5 Å². The second kappa shape index (κ2) is 8.94. The summed E-state index contributed by atoms with van der Waals surface area (Å²) in [5, 5.41) is 0. The van der Waals surface area contributed by atoms with Crippen molar-refractivity contribution in [1.82, 2.24) is 0 Å². The van der Waals surface area contributed by atoms with Crippen molar-refractivity contribution in [2.45, 2.75) is 6.92 Å². The van der Waals surface area contributed by atoms with E-state index in [1.807, 2.05) is 49.4 Å². The highest BCUT2D eigenvalue weighted by Crippen LogP contribution is 2.38. The Balaban J connectivity index is 1.93. The van der Waals surface area contributed by atoms with E-state index in [9.17, 15) is 4.79 Å². The van der Waals surface area contributed by atoms with Crippen molar-refractivity contribution in [2.75, 3.05) is 11.5 Å².